The van der Waals surface area contributed by atoms with E-state index >= 15 is 0 Å². The zero-order valence-corrected chi connectivity index (χ0v) is 13.4. The van der Waals surface area contributed by atoms with Crippen molar-refractivity contribution in [2.24, 2.45) is 0 Å². The van der Waals surface area contributed by atoms with E-state index in [2.05, 4.69) is 16.9 Å². The molecule has 23 heavy (non-hydrogen) atoms. The van der Waals surface area contributed by atoms with E-state index in [-0.39, 0.29) is 17.9 Å². The Labute approximate surface area is 136 Å². The number of rotatable bonds is 6. The highest BCUT2D eigenvalue weighted by Gasteiger charge is 2.25. The quantitative estimate of drug-likeness (QED) is 0.805. The maximum Gasteiger partial charge on any atom is 0.253 e. The number of amides is 2. The molecular formula is C17H23N3O3. The molecule has 2 heterocycles. The zero-order chi connectivity index (χ0) is 16.7. The molecule has 0 aliphatic carbocycles. The summed E-state index contributed by atoms with van der Waals surface area (Å²) in [7, 11) is 0. The fourth-order valence-corrected chi connectivity index (χ4v) is 2.51. The molecule has 0 bridgehead atoms. The predicted octanol–water partition coefficient (Wildman–Crippen LogP) is 1.39. The van der Waals surface area contributed by atoms with Crippen molar-refractivity contribution in [3.63, 3.8) is 0 Å². The second-order valence-electron chi connectivity index (χ2n) is 5.58. The minimum Gasteiger partial charge on any atom is -0.365 e. The van der Waals surface area contributed by atoms with Gasteiger partial charge in [0.1, 0.15) is 6.10 Å². The maximum absolute atomic E-state index is 12.3. The monoisotopic (exact) mass is 317 g/mol. The van der Waals surface area contributed by atoms with Crippen molar-refractivity contribution in [2.45, 2.75) is 31.9 Å². The van der Waals surface area contributed by atoms with Crippen LogP contribution in [0.3, 0.4) is 0 Å². The Morgan fingerprint density at radius 1 is 1.43 bits per heavy atom. The molecule has 6 nitrogen and oxygen atoms in total. The topological polar surface area (TPSA) is 71.5 Å². The molecule has 1 aromatic heterocycles. The van der Waals surface area contributed by atoms with Gasteiger partial charge in [0.2, 0.25) is 5.91 Å². The zero-order valence-electron chi connectivity index (χ0n) is 13.4. The lowest BCUT2D eigenvalue weighted by Gasteiger charge is -2.33. The van der Waals surface area contributed by atoms with Crippen LogP contribution in [-0.2, 0) is 9.53 Å². The summed E-state index contributed by atoms with van der Waals surface area (Å²) in [5.74, 6) is -0.106. The van der Waals surface area contributed by atoms with E-state index in [1.165, 1.54) is 0 Å². The number of likely N-dealkylation sites (tertiary alicyclic amines) is 1. The molecule has 1 N–H and O–H groups in total. The van der Waals surface area contributed by atoms with E-state index in [1.54, 1.807) is 37.5 Å². The smallest absolute Gasteiger partial charge is 0.253 e. The number of nitrogens with one attached hydrogen (secondary N) is 1. The molecule has 124 valence electrons. The third kappa shape index (κ3) is 4.89. The fourth-order valence-electron chi connectivity index (χ4n) is 2.51. The van der Waals surface area contributed by atoms with Crippen LogP contribution in [0.25, 0.3) is 0 Å². The molecule has 0 aromatic carbocycles. The van der Waals surface area contributed by atoms with Crippen LogP contribution in [-0.4, -0.2) is 53.5 Å². The summed E-state index contributed by atoms with van der Waals surface area (Å²) in [5.41, 5.74) is 0.647. The van der Waals surface area contributed by atoms with Crippen LogP contribution in [0.5, 0.6) is 0 Å². The number of nitrogens with zero attached hydrogens (tertiary/aromatic N) is 2. The fraction of sp³-hybridized carbons (Fsp3) is 0.471. The lowest BCUT2D eigenvalue weighted by Crippen LogP contribution is -2.48. The van der Waals surface area contributed by atoms with Gasteiger partial charge in [-0.05, 0) is 31.9 Å². The Balaban J connectivity index is 1.79. The molecule has 0 unspecified atom stereocenters. The van der Waals surface area contributed by atoms with Crippen LogP contribution in [0.15, 0.2) is 37.2 Å². The molecule has 1 aliphatic rings. The Bertz CT molecular complexity index is 539. The molecule has 1 aromatic rings. The number of piperidine rings is 1. The molecular weight excluding hydrogens is 294 g/mol. The lowest BCUT2D eigenvalue weighted by molar-refractivity contribution is -0.132. The van der Waals surface area contributed by atoms with Crippen LogP contribution < -0.4 is 5.32 Å². The lowest BCUT2D eigenvalue weighted by atomic mass is 10.0. The molecule has 0 spiro atoms. The van der Waals surface area contributed by atoms with E-state index in [9.17, 15) is 9.59 Å². The summed E-state index contributed by atoms with van der Waals surface area (Å²) >= 11 is 0. The first kappa shape index (κ1) is 17.1. The highest BCUT2D eigenvalue weighted by molar-refractivity contribution is 5.94. The SMILES string of the molecule is C=CCO[C@H](C)C(=O)NC1CCN(C(=O)c2ccncc2)CC1. The molecule has 1 aliphatic heterocycles. The van der Waals surface area contributed by atoms with Crippen LogP contribution in [0, 0.1) is 0 Å². The van der Waals surface area contributed by atoms with E-state index in [0.29, 0.717) is 25.3 Å². The first-order valence-corrected chi connectivity index (χ1v) is 7.84. The molecule has 1 saturated heterocycles. The van der Waals surface area contributed by atoms with E-state index < -0.39 is 6.10 Å². The summed E-state index contributed by atoms with van der Waals surface area (Å²) in [5, 5.41) is 2.98. The van der Waals surface area contributed by atoms with Gasteiger partial charge < -0.3 is 15.0 Å². The summed E-state index contributed by atoms with van der Waals surface area (Å²) < 4.78 is 5.31. The summed E-state index contributed by atoms with van der Waals surface area (Å²) in [4.78, 5) is 30.1. The first-order valence-electron chi connectivity index (χ1n) is 7.84. The predicted molar refractivity (Wildman–Crippen MR) is 86.9 cm³/mol. The number of pyridine rings is 1. The van der Waals surface area contributed by atoms with Crippen molar-refractivity contribution >= 4 is 11.8 Å². The van der Waals surface area contributed by atoms with Crippen LogP contribution in [0.1, 0.15) is 30.1 Å². The highest BCUT2D eigenvalue weighted by Crippen LogP contribution is 2.14. The number of hydrogen-bond donors (Lipinski definition) is 1. The van der Waals surface area contributed by atoms with Gasteiger partial charge in [0.15, 0.2) is 0 Å². The Morgan fingerprint density at radius 2 is 2.09 bits per heavy atom. The molecule has 2 amide bonds. The van der Waals surface area contributed by atoms with Gasteiger partial charge in [-0.1, -0.05) is 6.08 Å². The van der Waals surface area contributed by atoms with Crippen molar-refractivity contribution in [2.75, 3.05) is 19.7 Å². The number of carbonyl (C=O) groups is 2. The van der Waals surface area contributed by atoms with Crippen LogP contribution in [0.4, 0.5) is 0 Å². The summed E-state index contributed by atoms with van der Waals surface area (Å²) in [6.45, 7) is 6.90. The van der Waals surface area contributed by atoms with Crippen LogP contribution >= 0.6 is 0 Å². The van der Waals surface area contributed by atoms with Gasteiger partial charge in [-0.2, -0.15) is 0 Å². The van der Waals surface area contributed by atoms with E-state index in [0.717, 1.165) is 12.8 Å². The maximum atomic E-state index is 12.3. The average molecular weight is 317 g/mol. The molecule has 0 saturated carbocycles. The number of carbonyl (C=O) groups excluding carboxylic acids is 2. The van der Waals surface area contributed by atoms with Gasteiger partial charge in [-0.3, -0.25) is 14.6 Å². The van der Waals surface area contributed by atoms with Crippen molar-refractivity contribution < 1.29 is 14.3 Å². The second kappa shape index (κ2) is 8.43. The molecule has 2 rings (SSSR count). The van der Waals surface area contributed by atoms with E-state index in [1.807, 2.05) is 4.90 Å². The summed E-state index contributed by atoms with van der Waals surface area (Å²) in [6.07, 6.45) is 5.85. The minimum absolute atomic E-state index is 0.0138. The number of aromatic nitrogens is 1. The highest BCUT2D eigenvalue weighted by atomic mass is 16.5. The molecule has 1 atom stereocenters. The molecule has 6 heteroatoms. The van der Waals surface area contributed by atoms with E-state index in [4.69, 9.17) is 4.74 Å². The van der Waals surface area contributed by atoms with Crippen molar-refractivity contribution in [3.8, 4) is 0 Å². The number of ether oxygens (including phenoxy) is 1. The van der Waals surface area contributed by atoms with Crippen molar-refractivity contribution in [3.05, 3.63) is 42.7 Å². The average Bonchev–Trinajstić information content (AvgIpc) is 2.60. The van der Waals surface area contributed by atoms with Gasteiger partial charge in [0.25, 0.3) is 5.91 Å². The normalized spacial score (nSPS) is 16.7. The Kier molecular flexibility index (Phi) is 6.29. The largest absolute Gasteiger partial charge is 0.365 e. The Morgan fingerprint density at radius 3 is 2.70 bits per heavy atom. The van der Waals surface area contributed by atoms with Gasteiger partial charge in [-0.25, -0.2) is 0 Å². The molecule has 0 radical (unpaired) electrons. The van der Waals surface area contributed by atoms with Crippen molar-refractivity contribution in [1.29, 1.82) is 0 Å². The van der Waals surface area contributed by atoms with Gasteiger partial charge in [-0.15, -0.1) is 6.58 Å². The van der Waals surface area contributed by atoms with Crippen molar-refractivity contribution in [1.82, 2.24) is 15.2 Å². The Hall–Kier alpha value is -2.21. The minimum atomic E-state index is -0.496. The third-order valence-corrected chi connectivity index (χ3v) is 3.89. The van der Waals surface area contributed by atoms with Crippen LogP contribution in [0.2, 0.25) is 0 Å². The number of hydrogen-bond acceptors (Lipinski definition) is 4. The summed E-state index contributed by atoms with van der Waals surface area (Å²) in [6, 6.07) is 3.52. The van der Waals surface area contributed by atoms with Gasteiger partial charge >= 0.3 is 0 Å². The first-order chi connectivity index (χ1) is 11.1. The van der Waals surface area contributed by atoms with Gasteiger partial charge in [0.05, 0.1) is 6.61 Å². The van der Waals surface area contributed by atoms with Gasteiger partial charge in [0, 0.05) is 37.1 Å². The second-order valence-corrected chi connectivity index (χ2v) is 5.58. The molecule has 1 fully saturated rings. The standard InChI is InChI=1S/C17H23N3O3/c1-3-12-23-13(2)16(21)19-15-6-10-20(11-7-15)17(22)14-4-8-18-9-5-14/h3-5,8-9,13,15H,1,6-7,10-12H2,2H3,(H,19,21)/t13-/m1/s1. The third-order valence-electron chi connectivity index (χ3n) is 3.89.